The van der Waals surface area contributed by atoms with Gasteiger partial charge < -0.3 is 15.0 Å². The lowest BCUT2D eigenvalue weighted by Crippen LogP contribution is -2.34. The van der Waals surface area contributed by atoms with E-state index in [2.05, 4.69) is 41.4 Å². The van der Waals surface area contributed by atoms with Crippen LogP contribution in [-0.4, -0.2) is 36.4 Å². The van der Waals surface area contributed by atoms with Gasteiger partial charge in [-0.05, 0) is 54.5 Å². The van der Waals surface area contributed by atoms with Crippen molar-refractivity contribution >= 4 is 22.2 Å². The van der Waals surface area contributed by atoms with Crippen molar-refractivity contribution in [3.05, 3.63) is 77.7 Å². The lowest BCUT2D eigenvalue weighted by molar-refractivity contribution is 0.316. The molecule has 0 radical (unpaired) electrons. The van der Waals surface area contributed by atoms with Crippen LogP contribution < -0.4 is 10.5 Å². The fourth-order valence-corrected chi connectivity index (χ4v) is 5.45. The molecule has 0 spiro atoms. The zero-order valence-electron chi connectivity index (χ0n) is 18.2. The molecule has 1 heterocycles. The highest BCUT2D eigenvalue weighted by Crippen LogP contribution is 2.35. The first-order chi connectivity index (χ1) is 14.9. The Hall–Kier alpha value is -2.35. The van der Waals surface area contributed by atoms with Crippen molar-refractivity contribution in [3.8, 4) is 5.75 Å². The van der Waals surface area contributed by atoms with Gasteiger partial charge in [0.05, 0.1) is 18.7 Å². The number of imidazole rings is 1. The molecule has 0 bridgehead atoms. The van der Waals surface area contributed by atoms with E-state index in [1.54, 1.807) is 11.6 Å². The van der Waals surface area contributed by atoms with Gasteiger partial charge in [0.1, 0.15) is 5.75 Å². The normalized spacial score (nSPS) is 17.9. The summed E-state index contributed by atoms with van der Waals surface area (Å²) in [4.78, 5) is 3.94. The first kappa shape index (κ1) is 24.3. The van der Waals surface area contributed by atoms with Gasteiger partial charge in [-0.3, -0.25) is 0 Å². The molecule has 32 heavy (non-hydrogen) atoms. The molecule has 0 aliphatic heterocycles. The number of halogens is 1. The van der Waals surface area contributed by atoms with E-state index in [-0.39, 0.29) is 35.1 Å². The predicted molar refractivity (Wildman–Crippen MR) is 128 cm³/mol. The summed E-state index contributed by atoms with van der Waals surface area (Å²) < 4.78 is 32.3. The topological polar surface area (TPSA) is 87.2 Å². The smallest absolute Gasteiger partial charge is 0.197 e. The minimum atomic E-state index is -3.39. The molecular weight excluding hydrogens is 446 g/mol. The first-order valence-electron chi connectivity index (χ1n) is 10.7. The van der Waals surface area contributed by atoms with Gasteiger partial charge in [-0.2, -0.15) is 0 Å². The Balaban J connectivity index is 0.00000289. The van der Waals surface area contributed by atoms with Crippen molar-refractivity contribution in [2.45, 2.75) is 42.7 Å². The third kappa shape index (κ3) is 5.71. The lowest BCUT2D eigenvalue weighted by atomic mass is 9.76. The summed E-state index contributed by atoms with van der Waals surface area (Å²) in [5.41, 5.74) is 10.4. The van der Waals surface area contributed by atoms with E-state index >= 15 is 0 Å². The van der Waals surface area contributed by atoms with Gasteiger partial charge in [-0.15, -0.1) is 12.4 Å². The fourth-order valence-electron chi connectivity index (χ4n) is 4.21. The predicted octanol–water partition coefficient (Wildman–Crippen LogP) is 3.68. The van der Waals surface area contributed by atoms with Gasteiger partial charge in [-0.25, -0.2) is 13.4 Å². The Bertz CT molecular complexity index is 1130. The van der Waals surface area contributed by atoms with Crippen LogP contribution in [0.5, 0.6) is 5.75 Å². The van der Waals surface area contributed by atoms with E-state index in [4.69, 9.17) is 10.5 Å². The number of fused-ring (bicyclic) bond motifs is 1. The number of hydrogen-bond acceptors (Lipinski definition) is 5. The molecule has 2 aromatic carbocycles. The Morgan fingerprint density at radius 3 is 2.69 bits per heavy atom. The van der Waals surface area contributed by atoms with E-state index in [1.807, 2.05) is 12.1 Å². The lowest BCUT2D eigenvalue weighted by Gasteiger charge is -2.32. The summed E-state index contributed by atoms with van der Waals surface area (Å²) in [5.74, 6) is 1.02. The maximum Gasteiger partial charge on any atom is 0.197 e. The van der Waals surface area contributed by atoms with Gasteiger partial charge >= 0.3 is 0 Å². The number of ether oxygens (including phenoxy) is 1. The van der Waals surface area contributed by atoms with Crippen LogP contribution in [0.3, 0.4) is 0 Å². The van der Waals surface area contributed by atoms with Crippen molar-refractivity contribution in [1.82, 2.24) is 9.55 Å². The van der Waals surface area contributed by atoms with Crippen LogP contribution in [0.1, 0.15) is 35.4 Å². The highest BCUT2D eigenvalue weighted by molar-refractivity contribution is 7.91. The zero-order valence-corrected chi connectivity index (χ0v) is 19.8. The van der Waals surface area contributed by atoms with E-state index < -0.39 is 9.84 Å². The standard InChI is InChI=1S/C24H29N3O3S.ClH/c1-27-16-24(26-17-27)31(28,29)13-5-12-30-20-10-8-19-9-11-23(25)22(21(19)15-20)14-18-6-3-2-4-7-18;/h2-4,6-8,10,15-17,22-23H,5,9,11-14,25H2,1H3;1H. The van der Waals surface area contributed by atoms with Gasteiger partial charge in [0.2, 0.25) is 0 Å². The Morgan fingerprint density at radius 2 is 1.97 bits per heavy atom. The second kappa shape index (κ2) is 10.5. The summed E-state index contributed by atoms with van der Waals surface area (Å²) in [5, 5.41) is 0.113. The molecule has 8 heteroatoms. The first-order valence-corrected chi connectivity index (χ1v) is 12.3. The average Bonchev–Trinajstić information content (AvgIpc) is 3.21. The molecule has 0 saturated heterocycles. The number of hydrogen-bond donors (Lipinski definition) is 1. The second-order valence-corrected chi connectivity index (χ2v) is 10.3. The molecule has 0 fully saturated rings. The molecule has 3 aromatic rings. The van der Waals surface area contributed by atoms with Crippen LogP contribution in [0.2, 0.25) is 0 Å². The monoisotopic (exact) mass is 475 g/mol. The van der Waals surface area contributed by atoms with Crippen LogP contribution in [0, 0.1) is 0 Å². The minimum absolute atomic E-state index is 0. The quantitative estimate of drug-likeness (QED) is 0.502. The third-order valence-electron chi connectivity index (χ3n) is 5.91. The molecule has 2 unspecified atom stereocenters. The van der Waals surface area contributed by atoms with E-state index in [1.165, 1.54) is 29.2 Å². The molecule has 1 aliphatic carbocycles. The number of rotatable bonds is 8. The SMILES string of the molecule is Cl.Cn1cnc(S(=O)(=O)CCCOc2ccc3c(c2)C(Cc2ccccc2)C(N)CC3)c1. The minimum Gasteiger partial charge on any atom is -0.494 e. The van der Waals surface area contributed by atoms with Crippen LogP contribution >= 0.6 is 12.4 Å². The highest BCUT2D eigenvalue weighted by atomic mass is 35.5. The van der Waals surface area contributed by atoms with Crippen molar-refractivity contribution in [2.75, 3.05) is 12.4 Å². The van der Waals surface area contributed by atoms with Crippen molar-refractivity contribution in [3.63, 3.8) is 0 Å². The molecule has 172 valence electrons. The molecule has 2 N–H and O–H groups in total. The summed E-state index contributed by atoms with van der Waals surface area (Å²) in [6.45, 7) is 0.334. The van der Waals surface area contributed by atoms with E-state index in [9.17, 15) is 8.42 Å². The highest BCUT2D eigenvalue weighted by Gasteiger charge is 2.27. The number of nitrogens with zero attached hydrogens (tertiary/aromatic N) is 2. The molecule has 0 saturated carbocycles. The van der Waals surface area contributed by atoms with Crippen molar-refractivity contribution in [2.24, 2.45) is 12.8 Å². The number of aryl methyl sites for hydroxylation is 2. The molecule has 2 atom stereocenters. The molecule has 1 aliphatic rings. The van der Waals surface area contributed by atoms with Crippen LogP contribution in [0.25, 0.3) is 0 Å². The van der Waals surface area contributed by atoms with Crippen molar-refractivity contribution < 1.29 is 13.2 Å². The zero-order chi connectivity index (χ0) is 21.8. The largest absolute Gasteiger partial charge is 0.494 e. The van der Waals surface area contributed by atoms with Gasteiger partial charge in [0.15, 0.2) is 14.9 Å². The number of nitrogens with two attached hydrogens (primary N) is 1. The second-order valence-electron chi connectivity index (χ2n) is 8.26. The Morgan fingerprint density at radius 1 is 1.19 bits per heavy atom. The summed E-state index contributed by atoms with van der Waals surface area (Å²) in [6.07, 6.45) is 6.28. The maximum absolute atomic E-state index is 12.4. The van der Waals surface area contributed by atoms with Gasteiger partial charge in [-0.1, -0.05) is 36.4 Å². The van der Waals surface area contributed by atoms with E-state index in [0.717, 1.165) is 25.0 Å². The van der Waals surface area contributed by atoms with Crippen LogP contribution in [0.4, 0.5) is 0 Å². The fraction of sp³-hybridized carbons (Fsp3) is 0.375. The van der Waals surface area contributed by atoms with Crippen molar-refractivity contribution in [1.29, 1.82) is 0 Å². The van der Waals surface area contributed by atoms with E-state index in [0.29, 0.717) is 13.0 Å². The number of aromatic nitrogens is 2. The molecule has 4 rings (SSSR count). The summed E-state index contributed by atoms with van der Waals surface area (Å²) >= 11 is 0. The Kier molecular flexibility index (Phi) is 7.98. The molecular formula is C24H30ClN3O3S. The third-order valence-corrected chi connectivity index (χ3v) is 7.58. The molecule has 6 nitrogen and oxygen atoms in total. The molecule has 1 aromatic heterocycles. The van der Waals surface area contributed by atoms with Gasteiger partial charge in [0.25, 0.3) is 0 Å². The average molecular weight is 476 g/mol. The van der Waals surface area contributed by atoms with Gasteiger partial charge in [0, 0.05) is 25.2 Å². The summed E-state index contributed by atoms with van der Waals surface area (Å²) in [6, 6.07) is 16.7. The molecule has 0 amide bonds. The number of benzene rings is 2. The maximum atomic E-state index is 12.4. The van der Waals surface area contributed by atoms with Crippen LogP contribution in [-0.2, 0) is 29.7 Å². The Labute approximate surface area is 196 Å². The summed E-state index contributed by atoms with van der Waals surface area (Å²) in [7, 11) is -1.64. The number of sulfone groups is 1. The van der Waals surface area contributed by atoms with Crippen LogP contribution in [0.15, 0.2) is 66.1 Å².